The first-order valence-corrected chi connectivity index (χ1v) is 7.99. The third kappa shape index (κ3) is 4.03. The van der Waals surface area contributed by atoms with E-state index < -0.39 is 29.1 Å². The van der Waals surface area contributed by atoms with Crippen molar-refractivity contribution >= 4 is 23.4 Å². The van der Waals surface area contributed by atoms with E-state index in [1.807, 2.05) is 0 Å². The molecule has 0 aromatic heterocycles. The fourth-order valence-electron chi connectivity index (χ4n) is 2.28. The lowest BCUT2D eigenvalue weighted by atomic mass is 10.1. The van der Waals surface area contributed by atoms with Crippen LogP contribution in [0.25, 0.3) is 0 Å². The molecule has 1 heterocycles. The van der Waals surface area contributed by atoms with Gasteiger partial charge in [-0.25, -0.2) is 23.0 Å². The maximum atomic E-state index is 13.6. The molecule has 1 aliphatic rings. The quantitative estimate of drug-likeness (QED) is 0.789. The number of nitrogens with zero attached hydrogens (tertiary/aromatic N) is 1. The second kappa shape index (κ2) is 7.58. The summed E-state index contributed by atoms with van der Waals surface area (Å²) in [6, 6.07) is 5.72. The summed E-state index contributed by atoms with van der Waals surface area (Å²) in [5, 5.41) is 1.59. The highest BCUT2D eigenvalue weighted by Gasteiger charge is 2.20. The summed E-state index contributed by atoms with van der Waals surface area (Å²) in [4.78, 5) is 11.7. The van der Waals surface area contributed by atoms with E-state index in [0.717, 1.165) is 0 Å². The minimum absolute atomic E-state index is 0.327. The Morgan fingerprint density at radius 1 is 1.12 bits per heavy atom. The molecular formula is C18H12ClF3N2O2. The summed E-state index contributed by atoms with van der Waals surface area (Å²) in [5.41, 5.74) is 3.08. The van der Waals surface area contributed by atoms with Crippen LogP contribution in [0.4, 0.5) is 23.7 Å². The standard InChI is InChI=1S/C18H12ClF3N2O2/c19-14-5-3-11(2-4-13-15(21)9-12(20)10-16(13)22)8-17(14)23-24-6-1-7-26-18(24)25/h3,5,8-10,23H,1,6-7H2. The Labute approximate surface area is 152 Å². The van der Waals surface area contributed by atoms with E-state index in [9.17, 15) is 18.0 Å². The zero-order valence-electron chi connectivity index (χ0n) is 13.3. The van der Waals surface area contributed by atoms with Gasteiger partial charge in [0, 0.05) is 30.7 Å². The molecule has 134 valence electrons. The SMILES string of the molecule is O=C1OCCCN1Nc1cc(C#Cc2c(F)cc(F)cc2F)ccc1Cl. The van der Waals surface area contributed by atoms with Gasteiger partial charge in [0.05, 0.1) is 22.9 Å². The van der Waals surface area contributed by atoms with Crippen LogP contribution in [0.3, 0.4) is 0 Å². The van der Waals surface area contributed by atoms with E-state index in [1.54, 1.807) is 6.07 Å². The van der Waals surface area contributed by atoms with Crippen LogP contribution < -0.4 is 5.43 Å². The number of carbonyl (C=O) groups is 1. The van der Waals surface area contributed by atoms with Gasteiger partial charge in [-0.05, 0) is 18.2 Å². The first kappa shape index (κ1) is 18.0. The van der Waals surface area contributed by atoms with Crippen LogP contribution in [0, 0.1) is 29.3 Å². The smallest absolute Gasteiger partial charge is 0.428 e. The zero-order chi connectivity index (χ0) is 18.7. The van der Waals surface area contributed by atoms with E-state index in [1.165, 1.54) is 17.1 Å². The molecule has 2 aromatic carbocycles. The molecule has 4 nitrogen and oxygen atoms in total. The number of carbonyl (C=O) groups excluding carboxylic acids is 1. The van der Waals surface area contributed by atoms with Crippen molar-refractivity contribution in [3.8, 4) is 11.8 Å². The van der Waals surface area contributed by atoms with Crippen LogP contribution in [-0.4, -0.2) is 24.3 Å². The Morgan fingerprint density at radius 2 is 1.85 bits per heavy atom. The summed E-state index contributed by atoms with van der Waals surface area (Å²) in [7, 11) is 0. The van der Waals surface area contributed by atoms with Gasteiger partial charge in [-0.1, -0.05) is 23.4 Å². The summed E-state index contributed by atoms with van der Waals surface area (Å²) >= 11 is 6.10. The monoisotopic (exact) mass is 380 g/mol. The van der Waals surface area contributed by atoms with Gasteiger partial charge in [0.1, 0.15) is 17.5 Å². The lowest BCUT2D eigenvalue weighted by molar-refractivity contribution is 0.0826. The van der Waals surface area contributed by atoms with Crippen molar-refractivity contribution < 1.29 is 22.7 Å². The number of ether oxygens (including phenoxy) is 1. The molecule has 0 saturated carbocycles. The highest BCUT2D eigenvalue weighted by molar-refractivity contribution is 6.33. The molecule has 0 radical (unpaired) electrons. The molecule has 8 heteroatoms. The lowest BCUT2D eigenvalue weighted by Crippen LogP contribution is -2.41. The predicted molar refractivity (Wildman–Crippen MR) is 90.0 cm³/mol. The molecule has 3 rings (SSSR count). The van der Waals surface area contributed by atoms with Gasteiger partial charge in [0.25, 0.3) is 0 Å². The average Bonchev–Trinajstić information content (AvgIpc) is 2.58. The summed E-state index contributed by atoms with van der Waals surface area (Å²) in [6.45, 7) is 0.794. The van der Waals surface area contributed by atoms with Gasteiger partial charge in [0.2, 0.25) is 0 Å². The Hall–Kier alpha value is -2.85. The van der Waals surface area contributed by atoms with Crippen LogP contribution in [0.1, 0.15) is 17.5 Å². The van der Waals surface area contributed by atoms with E-state index in [-0.39, 0.29) is 0 Å². The van der Waals surface area contributed by atoms with E-state index in [2.05, 4.69) is 17.3 Å². The van der Waals surface area contributed by atoms with E-state index in [4.69, 9.17) is 16.3 Å². The number of rotatable bonds is 2. The fourth-order valence-corrected chi connectivity index (χ4v) is 2.44. The highest BCUT2D eigenvalue weighted by atomic mass is 35.5. The molecule has 2 aromatic rings. The minimum atomic E-state index is -1.08. The van der Waals surface area contributed by atoms with E-state index in [0.29, 0.717) is 48.0 Å². The first-order chi connectivity index (χ1) is 12.4. The molecule has 1 amide bonds. The summed E-state index contributed by atoms with van der Waals surface area (Å²) in [6.07, 6.45) is 0.137. The number of anilines is 1. The normalized spacial score (nSPS) is 13.7. The second-order valence-corrected chi connectivity index (χ2v) is 5.83. The van der Waals surface area contributed by atoms with Gasteiger partial charge in [-0.2, -0.15) is 0 Å². The molecule has 1 saturated heterocycles. The molecular weight excluding hydrogens is 369 g/mol. The second-order valence-electron chi connectivity index (χ2n) is 5.42. The average molecular weight is 381 g/mol. The van der Waals surface area contributed by atoms with Crippen LogP contribution >= 0.6 is 11.6 Å². The minimum Gasteiger partial charge on any atom is -0.448 e. The molecule has 0 spiro atoms. The summed E-state index contributed by atoms with van der Waals surface area (Å²) < 4.78 is 45.1. The van der Waals surface area contributed by atoms with Gasteiger partial charge in [-0.15, -0.1) is 0 Å². The van der Waals surface area contributed by atoms with Crippen LogP contribution in [0.15, 0.2) is 30.3 Å². The molecule has 0 aliphatic carbocycles. The number of nitrogens with one attached hydrogen (secondary N) is 1. The third-order valence-electron chi connectivity index (χ3n) is 3.53. The van der Waals surface area contributed by atoms with Crippen molar-refractivity contribution in [1.82, 2.24) is 5.01 Å². The topological polar surface area (TPSA) is 41.6 Å². The van der Waals surface area contributed by atoms with Crippen molar-refractivity contribution in [3.63, 3.8) is 0 Å². The Bertz CT molecular complexity index is 901. The fraction of sp³-hybridized carbons (Fsp3) is 0.167. The van der Waals surface area contributed by atoms with Gasteiger partial charge in [0.15, 0.2) is 0 Å². The maximum absolute atomic E-state index is 13.6. The number of hydrogen-bond donors (Lipinski definition) is 1. The number of hydrazine groups is 1. The van der Waals surface area contributed by atoms with Crippen molar-refractivity contribution in [2.24, 2.45) is 0 Å². The molecule has 0 unspecified atom stereocenters. The summed E-state index contributed by atoms with van der Waals surface area (Å²) in [5.74, 6) is 1.75. The van der Waals surface area contributed by atoms with Gasteiger partial charge < -0.3 is 4.74 Å². The lowest BCUT2D eigenvalue weighted by Gasteiger charge is -2.27. The molecule has 1 aliphatic heterocycles. The Morgan fingerprint density at radius 3 is 2.54 bits per heavy atom. The Kier molecular flexibility index (Phi) is 5.24. The van der Waals surface area contributed by atoms with Crippen molar-refractivity contribution in [2.45, 2.75) is 6.42 Å². The number of benzene rings is 2. The molecule has 0 bridgehead atoms. The number of cyclic esters (lactones) is 1. The first-order valence-electron chi connectivity index (χ1n) is 7.61. The van der Waals surface area contributed by atoms with Crippen molar-refractivity contribution in [2.75, 3.05) is 18.6 Å². The van der Waals surface area contributed by atoms with E-state index >= 15 is 0 Å². The van der Waals surface area contributed by atoms with Crippen LogP contribution in [0.5, 0.6) is 0 Å². The van der Waals surface area contributed by atoms with Gasteiger partial charge in [-0.3, -0.25) is 5.43 Å². The zero-order valence-corrected chi connectivity index (χ0v) is 14.0. The number of halogens is 4. The van der Waals surface area contributed by atoms with Crippen LogP contribution in [0.2, 0.25) is 5.02 Å². The third-order valence-corrected chi connectivity index (χ3v) is 3.86. The molecule has 26 heavy (non-hydrogen) atoms. The molecule has 0 atom stereocenters. The van der Waals surface area contributed by atoms with Crippen molar-refractivity contribution in [3.05, 3.63) is 63.9 Å². The van der Waals surface area contributed by atoms with Gasteiger partial charge >= 0.3 is 6.09 Å². The predicted octanol–water partition coefficient (Wildman–Crippen LogP) is 4.33. The van der Waals surface area contributed by atoms with Crippen molar-refractivity contribution in [1.29, 1.82) is 0 Å². The maximum Gasteiger partial charge on any atom is 0.428 e. The molecule has 1 N–H and O–H groups in total. The highest BCUT2D eigenvalue weighted by Crippen LogP contribution is 2.24. The molecule has 1 fully saturated rings. The number of hydrogen-bond acceptors (Lipinski definition) is 3. The van der Waals surface area contributed by atoms with Crippen LogP contribution in [-0.2, 0) is 4.74 Å². The largest absolute Gasteiger partial charge is 0.448 e. The Balaban J connectivity index is 1.86. The number of amides is 1.